The summed E-state index contributed by atoms with van der Waals surface area (Å²) in [5, 5.41) is 2.81. The molecule has 0 bridgehead atoms. The molecule has 1 fully saturated rings. The molecule has 31 heavy (non-hydrogen) atoms. The van der Waals surface area contributed by atoms with Gasteiger partial charge in [-0.25, -0.2) is 0 Å². The highest BCUT2D eigenvalue weighted by atomic mass is 16.2. The number of amides is 2. The van der Waals surface area contributed by atoms with Gasteiger partial charge in [0.2, 0.25) is 5.91 Å². The number of carbonyl (C=O) groups is 3. The van der Waals surface area contributed by atoms with Crippen LogP contribution in [0, 0.1) is 5.92 Å². The molecule has 0 radical (unpaired) electrons. The molecule has 5 nitrogen and oxygen atoms in total. The van der Waals surface area contributed by atoms with Crippen LogP contribution in [0.4, 0.5) is 0 Å². The molecule has 2 amide bonds. The third-order valence-electron chi connectivity index (χ3n) is 5.97. The van der Waals surface area contributed by atoms with Crippen molar-refractivity contribution in [3.05, 3.63) is 71.3 Å². The van der Waals surface area contributed by atoms with E-state index >= 15 is 0 Å². The first-order chi connectivity index (χ1) is 14.7. The summed E-state index contributed by atoms with van der Waals surface area (Å²) in [6, 6.07) is 16.2. The number of ketones is 1. The molecule has 1 atom stereocenters. The van der Waals surface area contributed by atoms with Crippen LogP contribution in [0.2, 0.25) is 0 Å². The summed E-state index contributed by atoms with van der Waals surface area (Å²) in [7, 11) is 0. The zero-order valence-electron chi connectivity index (χ0n) is 18.9. The standard InChI is InChI=1S/C26H32N2O3/c1-18(27-24(30)21-10-12-22(13-11-21)26(2,3)4)25(31)28-16-14-20(15-17-28)23(29)19-8-6-5-7-9-19/h5-13,18,20H,14-17H2,1-4H3,(H,27,30)/t18-/m1/s1. The largest absolute Gasteiger partial charge is 0.341 e. The number of Topliss-reactive ketones (excluding diaryl/α,β-unsaturated/α-hetero) is 1. The maximum absolute atomic E-state index is 12.8. The SMILES string of the molecule is C[C@@H](NC(=O)c1ccc(C(C)(C)C)cc1)C(=O)N1CCC(C(=O)c2ccccc2)CC1. The molecular weight excluding hydrogens is 388 g/mol. The average Bonchev–Trinajstić information content (AvgIpc) is 2.78. The zero-order chi connectivity index (χ0) is 22.6. The van der Waals surface area contributed by atoms with E-state index in [2.05, 4.69) is 26.1 Å². The fourth-order valence-corrected chi connectivity index (χ4v) is 3.94. The molecule has 1 saturated heterocycles. The topological polar surface area (TPSA) is 66.5 Å². The number of carbonyl (C=O) groups excluding carboxylic acids is 3. The number of piperidine rings is 1. The van der Waals surface area contributed by atoms with Crippen LogP contribution in [0.5, 0.6) is 0 Å². The van der Waals surface area contributed by atoms with Crippen LogP contribution in [-0.2, 0) is 10.2 Å². The number of benzene rings is 2. The second-order valence-electron chi connectivity index (χ2n) is 9.35. The highest BCUT2D eigenvalue weighted by Gasteiger charge is 2.30. The first kappa shape index (κ1) is 22.7. The summed E-state index contributed by atoms with van der Waals surface area (Å²) in [5.41, 5.74) is 2.44. The molecule has 164 valence electrons. The van der Waals surface area contributed by atoms with Gasteiger partial charge in [0, 0.05) is 30.1 Å². The van der Waals surface area contributed by atoms with Crippen molar-refractivity contribution in [2.75, 3.05) is 13.1 Å². The number of nitrogens with one attached hydrogen (secondary N) is 1. The lowest BCUT2D eigenvalue weighted by Gasteiger charge is -2.33. The quantitative estimate of drug-likeness (QED) is 0.737. The van der Waals surface area contributed by atoms with Gasteiger partial charge in [0.15, 0.2) is 5.78 Å². The summed E-state index contributed by atoms with van der Waals surface area (Å²) in [6.07, 6.45) is 1.29. The molecule has 0 aliphatic carbocycles. The lowest BCUT2D eigenvalue weighted by molar-refractivity contribution is -0.134. The van der Waals surface area contributed by atoms with Crippen LogP contribution < -0.4 is 5.32 Å². The normalized spacial score (nSPS) is 15.9. The van der Waals surface area contributed by atoms with Gasteiger partial charge in [0.1, 0.15) is 6.04 Å². The van der Waals surface area contributed by atoms with Crippen LogP contribution in [-0.4, -0.2) is 41.6 Å². The lowest BCUT2D eigenvalue weighted by Crippen LogP contribution is -2.49. The molecule has 2 aromatic rings. The maximum Gasteiger partial charge on any atom is 0.251 e. The first-order valence-electron chi connectivity index (χ1n) is 11.0. The van der Waals surface area contributed by atoms with E-state index in [1.165, 1.54) is 0 Å². The molecule has 0 spiro atoms. The molecule has 1 aliphatic rings. The van der Waals surface area contributed by atoms with E-state index in [0.717, 1.165) is 11.1 Å². The minimum atomic E-state index is -0.615. The van der Waals surface area contributed by atoms with Gasteiger partial charge < -0.3 is 10.2 Å². The Bertz CT molecular complexity index is 921. The van der Waals surface area contributed by atoms with Crippen molar-refractivity contribution >= 4 is 17.6 Å². The van der Waals surface area contributed by atoms with Gasteiger partial charge in [-0.1, -0.05) is 63.2 Å². The summed E-state index contributed by atoms with van der Waals surface area (Å²) in [4.78, 5) is 39.8. The average molecular weight is 421 g/mol. The van der Waals surface area contributed by atoms with E-state index in [1.54, 1.807) is 24.0 Å². The summed E-state index contributed by atoms with van der Waals surface area (Å²) in [6.45, 7) is 9.15. The van der Waals surface area contributed by atoms with Crippen molar-refractivity contribution in [2.45, 2.75) is 52.0 Å². The first-order valence-corrected chi connectivity index (χ1v) is 11.0. The van der Waals surface area contributed by atoms with Crippen molar-refractivity contribution in [2.24, 2.45) is 5.92 Å². The van der Waals surface area contributed by atoms with E-state index in [-0.39, 0.29) is 28.9 Å². The molecule has 1 aliphatic heterocycles. The molecule has 1 heterocycles. The molecule has 2 aromatic carbocycles. The van der Waals surface area contributed by atoms with Gasteiger partial charge in [-0.3, -0.25) is 14.4 Å². The van der Waals surface area contributed by atoms with E-state index < -0.39 is 6.04 Å². The Labute approximate surface area is 184 Å². The van der Waals surface area contributed by atoms with Gasteiger partial charge in [0.25, 0.3) is 5.91 Å². The molecule has 3 rings (SSSR count). The molecule has 1 N–H and O–H groups in total. The highest BCUT2D eigenvalue weighted by Crippen LogP contribution is 2.23. The van der Waals surface area contributed by atoms with Gasteiger partial charge in [-0.05, 0) is 42.9 Å². The highest BCUT2D eigenvalue weighted by molar-refractivity contribution is 5.98. The number of hydrogen-bond acceptors (Lipinski definition) is 3. The van der Waals surface area contributed by atoms with Crippen molar-refractivity contribution < 1.29 is 14.4 Å². The van der Waals surface area contributed by atoms with Crippen LogP contribution >= 0.6 is 0 Å². The predicted molar refractivity (Wildman–Crippen MR) is 122 cm³/mol. The zero-order valence-corrected chi connectivity index (χ0v) is 18.9. The minimum absolute atomic E-state index is 0.0201. The second kappa shape index (κ2) is 9.46. The second-order valence-corrected chi connectivity index (χ2v) is 9.35. The molecule has 5 heteroatoms. The van der Waals surface area contributed by atoms with E-state index in [9.17, 15) is 14.4 Å². The van der Waals surface area contributed by atoms with Crippen LogP contribution in [0.15, 0.2) is 54.6 Å². The smallest absolute Gasteiger partial charge is 0.251 e. The Kier molecular flexibility index (Phi) is 6.94. The van der Waals surface area contributed by atoms with Crippen LogP contribution in [0.1, 0.15) is 66.8 Å². The number of hydrogen-bond donors (Lipinski definition) is 1. The lowest BCUT2D eigenvalue weighted by atomic mass is 9.86. The fraction of sp³-hybridized carbons (Fsp3) is 0.423. The Morgan fingerprint density at radius 2 is 1.48 bits per heavy atom. The molecule has 0 saturated carbocycles. The number of rotatable bonds is 5. The van der Waals surface area contributed by atoms with Crippen molar-refractivity contribution in [3.63, 3.8) is 0 Å². The monoisotopic (exact) mass is 420 g/mol. The van der Waals surface area contributed by atoms with E-state index in [0.29, 0.717) is 31.5 Å². The van der Waals surface area contributed by atoms with Crippen molar-refractivity contribution in [3.8, 4) is 0 Å². The van der Waals surface area contributed by atoms with Gasteiger partial charge in [-0.2, -0.15) is 0 Å². The number of likely N-dealkylation sites (tertiary alicyclic amines) is 1. The number of nitrogens with zero attached hydrogens (tertiary/aromatic N) is 1. The maximum atomic E-state index is 12.8. The van der Waals surface area contributed by atoms with Gasteiger partial charge in [-0.15, -0.1) is 0 Å². The van der Waals surface area contributed by atoms with Gasteiger partial charge in [0.05, 0.1) is 0 Å². The fourth-order valence-electron chi connectivity index (χ4n) is 3.94. The predicted octanol–water partition coefficient (Wildman–Crippen LogP) is 4.22. The molecular formula is C26H32N2O3. The van der Waals surface area contributed by atoms with E-state index in [1.807, 2.05) is 42.5 Å². The molecule has 0 unspecified atom stereocenters. The minimum Gasteiger partial charge on any atom is -0.341 e. The Hall–Kier alpha value is -2.95. The Morgan fingerprint density at radius 1 is 0.903 bits per heavy atom. The van der Waals surface area contributed by atoms with Crippen molar-refractivity contribution in [1.82, 2.24) is 10.2 Å². The van der Waals surface area contributed by atoms with Crippen LogP contribution in [0.3, 0.4) is 0 Å². The summed E-state index contributed by atoms with van der Waals surface area (Å²) in [5.74, 6) is -0.272. The third-order valence-corrected chi connectivity index (χ3v) is 5.97. The summed E-state index contributed by atoms with van der Waals surface area (Å²) < 4.78 is 0. The Balaban J connectivity index is 1.52. The van der Waals surface area contributed by atoms with Gasteiger partial charge >= 0.3 is 0 Å². The summed E-state index contributed by atoms with van der Waals surface area (Å²) >= 11 is 0. The van der Waals surface area contributed by atoms with E-state index in [4.69, 9.17) is 0 Å². The molecule has 0 aromatic heterocycles. The Morgan fingerprint density at radius 3 is 2.03 bits per heavy atom. The van der Waals surface area contributed by atoms with Crippen molar-refractivity contribution in [1.29, 1.82) is 0 Å². The van der Waals surface area contributed by atoms with Crippen LogP contribution in [0.25, 0.3) is 0 Å². The third kappa shape index (κ3) is 5.60.